The first kappa shape index (κ1) is 14.4. The van der Waals surface area contributed by atoms with Gasteiger partial charge in [-0.1, -0.05) is 25.0 Å². The number of para-hydroxylation sites is 2. The second kappa shape index (κ2) is 6.48. The number of nitrogens with two attached hydrogens (primary N) is 1. The van der Waals surface area contributed by atoms with E-state index in [1.54, 1.807) is 0 Å². The fourth-order valence-corrected chi connectivity index (χ4v) is 3.91. The molecule has 4 nitrogen and oxygen atoms in total. The van der Waals surface area contributed by atoms with E-state index in [0.29, 0.717) is 18.3 Å². The SMILES string of the molecule is Nc1ccccc1NC(=O)CN1CCCC1C1CCCC1. The lowest BCUT2D eigenvalue weighted by Gasteiger charge is -2.28. The molecule has 1 aromatic carbocycles. The number of carbonyl (C=O) groups excluding carboxylic acids is 1. The normalized spacial score (nSPS) is 23.5. The van der Waals surface area contributed by atoms with Crippen LogP contribution in [0.2, 0.25) is 0 Å². The Morgan fingerprint density at radius 3 is 2.71 bits per heavy atom. The number of nitrogens with one attached hydrogen (secondary N) is 1. The van der Waals surface area contributed by atoms with E-state index < -0.39 is 0 Å². The third kappa shape index (κ3) is 3.38. The van der Waals surface area contributed by atoms with E-state index in [2.05, 4.69) is 10.2 Å². The predicted molar refractivity (Wildman–Crippen MR) is 86.0 cm³/mol. The van der Waals surface area contributed by atoms with E-state index in [9.17, 15) is 4.79 Å². The summed E-state index contributed by atoms with van der Waals surface area (Å²) in [7, 11) is 0. The summed E-state index contributed by atoms with van der Waals surface area (Å²) in [4.78, 5) is 14.7. The molecule has 2 fully saturated rings. The molecule has 1 aliphatic heterocycles. The minimum Gasteiger partial charge on any atom is -0.397 e. The fourth-order valence-electron chi connectivity index (χ4n) is 3.91. The molecular formula is C17H25N3O. The van der Waals surface area contributed by atoms with Gasteiger partial charge in [0.2, 0.25) is 5.91 Å². The van der Waals surface area contributed by atoms with Gasteiger partial charge in [0.05, 0.1) is 17.9 Å². The van der Waals surface area contributed by atoms with Crippen molar-refractivity contribution in [1.82, 2.24) is 4.90 Å². The maximum atomic E-state index is 12.3. The maximum absolute atomic E-state index is 12.3. The number of carbonyl (C=O) groups is 1. The highest BCUT2D eigenvalue weighted by molar-refractivity contribution is 5.95. The third-order valence-corrected chi connectivity index (χ3v) is 4.94. The zero-order valence-electron chi connectivity index (χ0n) is 12.6. The van der Waals surface area contributed by atoms with Crippen molar-refractivity contribution in [2.75, 3.05) is 24.1 Å². The van der Waals surface area contributed by atoms with Gasteiger partial charge in [0, 0.05) is 6.04 Å². The van der Waals surface area contributed by atoms with Crippen LogP contribution in [0.3, 0.4) is 0 Å². The molecule has 1 aromatic rings. The molecule has 2 aliphatic rings. The largest absolute Gasteiger partial charge is 0.397 e. The van der Waals surface area contributed by atoms with E-state index >= 15 is 0 Å². The second-order valence-corrected chi connectivity index (χ2v) is 6.36. The number of rotatable bonds is 4. The molecule has 0 bridgehead atoms. The standard InChI is InChI=1S/C17H25N3O/c18-14-8-3-4-9-15(14)19-17(21)12-20-11-5-10-16(20)13-6-1-2-7-13/h3-4,8-9,13,16H,1-2,5-7,10-12,18H2,(H,19,21). The Kier molecular flexibility index (Phi) is 4.44. The number of nitrogens with zero attached hydrogens (tertiary/aromatic N) is 1. The highest BCUT2D eigenvalue weighted by Crippen LogP contribution is 2.35. The molecule has 1 aliphatic carbocycles. The van der Waals surface area contributed by atoms with Crippen LogP contribution in [0.4, 0.5) is 11.4 Å². The summed E-state index contributed by atoms with van der Waals surface area (Å²) >= 11 is 0. The van der Waals surface area contributed by atoms with Crippen molar-refractivity contribution in [2.45, 2.75) is 44.6 Å². The Bertz CT molecular complexity index is 497. The zero-order valence-corrected chi connectivity index (χ0v) is 12.6. The molecule has 21 heavy (non-hydrogen) atoms. The maximum Gasteiger partial charge on any atom is 0.238 e. The van der Waals surface area contributed by atoms with Gasteiger partial charge >= 0.3 is 0 Å². The smallest absolute Gasteiger partial charge is 0.238 e. The lowest BCUT2D eigenvalue weighted by molar-refractivity contribution is -0.117. The molecule has 4 heteroatoms. The molecule has 114 valence electrons. The molecule has 1 amide bonds. The van der Waals surface area contributed by atoms with Crippen molar-refractivity contribution < 1.29 is 4.79 Å². The molecule has 0 spiro atoms. The van der Waals surface area contributed by atoms with Crippen LogP contribution >= 0.6 is 0 Å². The van der Waals surface area contributed by atoms with Crippen molar-refractivity contribution in [2.24, 2.45) is 5.92 Å². The van der Waals surface area contributed by atoms with Gasteiger partial charge in [0.1, 0.15) is 0 Å². The third-order valence-electron chi connectivity index (χ3n) is 4.94. The van der Waals surface area contributed by atoms with Crippen molar-refractivity contribution in [3.8, 4) is 0 Å². The molecule has 1 atom stereocenters. The second-order valence-electron chi connectivity index (χ2n) is 6.36. The number of hydrogen-bond donors (Lipinski definition) is 2. The Morgan fingerprint density at radius 2 is 1.95 bits per heavy atom. The molecule has 1 heterocycles. The number of likely N-dealkylation sites (tertiary alicyclic amines) is 1. The molecular weight excluding hydrogens is 262 g/mol. The topological polar surface area (TPSA) is 58.4 Å². The predicted octanol–water partition coefficient (Wildman–Crippen LogP) is 2.86. The van der Waals surface area contributed by atoms with Crippen molar-refractivity contribution >= 4 is 17.3 Å². The first-order valence-corrected chi connectivity index (χ1v) is 8.12. The summed E-state index contributed by atoms with van der Waals surface area (Å²) in [6.45, 7) is 1.55. The summed E-state index contributed by atoms with van der Waals surface area (Å²) in [5.41, 5.74) is 7.22. The molecule has 0 aromatic heterocycles. The van der Waals surface area contributed by atoms with Gasteiger partial charge in [-0.15, -0.1) is 0 Å². The van der Waals surface area contributed by atoms with Crippen LogP contribution in [0.5, 0.6) is 0 Å². The van der Waals surface area contributed by atoms with Crippen molar-refractivity contribution in [3.05, 3.63) is 24.3 Å². The molecule has 1 unspecified atom stereocenters. The van der Waals surface area contributed by atoms with Crippen LogP contribution in [-0.2, 0) is 4.79 Å². The minimum atomic E-state index is 0.0535. The van der Waals surface area contributed by atoms with Crippen LogP contribution < -0.4 is 11.1 Å². The molecule has 1 saturated carbocycles. The summed E-state index contributed by atoms with van der Waals surface area (Å²) in [5.74, 6) is 0.861. The lowest BCUT2D eigenvalue weighted by atomic mass is 9.96. The summed E-state index contributed by atoms with van der Waals surface area (Å²) in [6, 6.07) is 8.05. The van der Waals surface area contributed by atoms with Crippen LogP contribution in [0, 0.1) is 5.92 Å². The van der Waals surface area contributed by atoms with E-state index in [-0.39, 0.29) is 5.91 Å². The van der Waals surface area contributed by atoms with Crippen molar-refractivity contribution in [3.63, 3.8) is 0 Å². The Morgan fingerprint density at radius 1 is 1.19 bits per heavy atom. The van der Waals surface area contributed by atoms with Crippen molar-refractivity contribution in [1.29, 1.82) is 0 Å². The molecule has 3 N–H and O–H groups in total. The Labute approximate surface area is 126 Å². The quantitative estimate of drug-likeness (QED) is 0.837. The lowest BCUT2D eigenvalue weighted by Crippen LogP contribution is -2.40. The summed E-state index contributed by atoms with van der Waals surface area (Å²) < 4.78 is 0. The highest BCUT2D eigenvalue weighted by atomic mass is 16.2. The van der Waals surface area contributed by atoms with Crippen LogP contribution in [0.15, 0.2) is 24.3 Å². The van der Waals surface area contributed by atoms with Gasteiger partial charge in [-0.25, -0.2) is 0 Å². The monoisotopic (exact) mass is 287 g/mol. The van der Waals surface area contributed by atoms with Gasteiger partial charge in [-0.2, -0.15) is 0 Å². The first-order chi connectivity index (χ1) is 10.2. The summed E-state index contributed by atoms with van der Waals surface area (Å²) in [5, 5.41) is 2.94. The summed E-state index contributed by atoms with van der Waals surface area (Å²) in [6.07, 6.45) is 7.89. The van der Waals surface area contributed by atoms with Gasteiger partial charge in [-0.05, 0) is 50.3 Å². The van der Waals surface area contributed by atoms with E-state index in [1.807, 2.05) is 24.3 Å². The van der Waals surface area contributed by atoms with Crippen LogP contribution in [0.1, 0.15) is 38.5 Å². The van der Waals surface area contributed by atoms with Gasteiger partial charge in [0.15, 0.2) is 0 Å². The zero-order chi connectivity index (χ0) is 14.7. The Hall–Kier alpha value is -1.55. The first-order valence-electron chi connectivity index (χ1n) is 8.12. The minimum absolute atomic E-state index is 0.0535. The van der Waals surface area contributed by atoms with E-state index in [4.69, 9.17) is 5.73 Å². The van der Waals surface area contributed by atoms with E-state index in [0.717, 1.165) is 18.2 Å². The number of hydrogen-bond acceptors (Lipinski definition) is 3. The molecule has 1 saturated heterocycles. The molecule has 3 rings (SSSR count). The van der Waals surface area contributed by atoms with Crippen LogP contribution in [-0.4, -0.2) is 29.9 Å². The Balaban J connectivity index is 1.57. The number of nitrogen functional groups attached to an aromatic ring is 1. The average Bonchev–Trinajstić information content (AvgIpc) is 3.11. The van der Waals surface area contributed by atoms with Gasteiger partial charge in [-0.3, -0.25) is 9.69 Å². The van der Waals surface area contributed by atoms with Gasteiger partial charge < -0.3 is 11.1 Å². The van der Waals surface area contributed by atoms with Crippen LogP contribution in [0.25, 0.3) is 0 Å². The number of anilines is 2. The fraction of sp³-hybridized carbons (Fsp3) is 0.588. The average molecular weight is 287 g/mol. The number of amides is 1. The molecule has 0 radical (unpaired) electrons. The van der Waals surface area contributed by atoms with Gasteiger partial charge in [0.25, 0.3) is 0 Å². The highest BCUT2D eigenvalue weighted by Gasteiger charge is 2.33. The van der Waals surface area contributed by atoms with E-state index in [1.165, 1.54) is 38.5 Å². The number of benzene rings is 1.